The van der Waals surface area contributed by atoms with E-state index >= 15 is 0 Å². The van der Waals surface area contributed by atoms with E-state index in [2.05, 4.69) is 36.6 Å². The highest BCUT2D eigenvalue weighted by Gasteiger charge is 2.23. The smallest absolute Gasteiger partial charge is 0.295 e. The number of ether oxygens (including phenoxy) is 1. The third-order valence-electron chi connectivity index (χ3n) is 8.79. The molecule has 1 fully saturated rings. The minimum atomic E-state index is -0.591. The number of morpholine rings is 1. The first-order valence-electron chi connectivity index (χ1n) is 16.8. The number of nitrogens with two attached hydrogens (primary N) is 1. The second-order valence-electron chi connectivity index (χ2n) is 12.5. The summed E-state index contributed by atoms with van der Waals surface area (Å²) in [5, 5.41) is 5.78. The number of primary amides is 1. The summed E-state index contributed by atoms with van der Waals surface area (Å²) < 4.78 is 20.4. The third-order valence-corrected chi connectivity index (χ3v) is 8.79. The lowest BCUT2D eigenvalue weighted by Crippen LogP contribution is -2.35. The number of rotatable bonds is 11. The maximum Gasteiger partial charge on any atom is 0.295 e. The Hall–Kier alpha value is -6.13. The molecule has 16 heteroatoms. The molecule has 0 bridgehead atoms. The summed E-state index contributed by atoms with van der Waals surface area (Å²) in [7, 11) is 0. The van der Waals surface area contributed by atoms with Crippen molar-refractivity contribution in [3.63, 3.8) is 0 Å². The Morgan fingerprint density at radius 1 is 0.788 bits per heavy atom. The van der Waals surface area contributed by atoms with Gasteiger partial charge in [0, 0.05) is 52.1 Å². The van der Waals surface area contributed by atoms with Crippen molar-refractivity contribution < 1.29 is 28.0 Å². The van der Waals surface area contributed by atoms with Gasteiger partial charge in [0.05, 0.1) is 46.7 Å². The zero-order chi connectivity index (χ0) is 36.5. The van der Waals surface area contributed by atoms with Crippen molar-refractivity contribution in [1.29, 1.82) is 0 Å². The van der Waals surface area contributed by atoms with Crippen LogP contribution in [0.25, 0.3) is 22.1 Å². The molecule has 1 saturated heterocycles. The highest BCUT2D eigenvalue weighted by Crippen LogP contribution is 2.27. The second-order valence-corrected chi connectivity index (χ2v) is 12.5. The molecule has 0 atom stereocenters. The number of anilines is 2. The van der Waals surface area contributed by atoms with Crippen molar-refractivity contribution in [1.82, 2.24) is 34.0 Å². The van der Waals surface area contributed by atoms with E-state index in [4.69, 9.17) is 24.3 Å². The van der Waals surface area contributed by atoms with Crippen LogP contribution in [0, 0.1) is 27.7 Å². The fraction of sp³-hybridized carbons (Fsp3) is 0.306. The molecule has 0 unspecified atom stereocenters. The number of hydrogen-bond donors (Lipinski definition) is 3. The molecule has 16 nitrogen and oxygen atoms in total. The summed E-state index contributed by atoms with van der Waals surface area (Å²) in [6, 6.07) is 10.9. The highest BCUT2D eigenvalue weighted by atomic mass is 16.5. The van der Waals surface area contributed by atoms with Crippen LogP contribution in [0.2, 0.25) is 0 Å². The molecule has 0 radical (unpaired) electrons. The number of amides is 3. The minimum absolute atomic E-state index is 0.0783. The number of carbonyl (C=O) groups is 3. The van der Waals surface area contributed by atoms with Crippen molar-refractivity contribution in [3.05, 3.63) is 94.4 Å². The number of nitrogens with zero attached hydrogens (tertiary/aromatic N) is 7. The molecule has 7 rings (SSSR count). The quantitative estimate of drug-likeness (QED) is 0.162. The molecule has 4 N–H and O–H groups in total. The van der Waals surface area contributed by atoms with Crippen LogP contribution >= 0.6 is 0 Å². The molecule has 0 spiro atoms. The van der Waals surface area contributed by atoms with Crippen molar-refractivity contribution in [2.45, 2.75) is 47.3 Å². The Labute approximate surface area is 297 Å². The van der Waals surface area contributed by atoms with Gasteiger partial charge >= 0.3 is 0 Å². The van der Waals surface area contributed by atoms with Crippen LogP contribution in [-0.2, 0) is 24.4 Å². The molecular formula is C36H38N10O6. The average molecular weight is 707 g/mol. The van der Waals surface area contributed by atoms with Gasteiger partial charge in [-0.05, 0) is 43.7 Å². The van der Waals surface area contributed by atoms with Crippen LogP contribution in [-0.4, -0.2) is 78.0 Å². The summed E-state index contributed by atoms with van der Waals surface area (Å²) >= 11 is 0. The van der Waals surface area contributed by atoms with Crippen LogP contribution in [0.1, 0.15) is 60.2 Å². The molecule has 2 aromatic carbocycles. The summed E-state index contributed by atoms with van der Waals surface area (Å²) in [6.07, 6.45) is 3.87. The van der Waals surface area contributed by atoms with Gasteiger partial charge in [0.25, 0.3) is 11.8 Å². The molecule has 0 saturated carbocycles. The number of hydrogen-bond acceptors (Lipinski definition) is 11. The largest absolute Gasteiger partial charge is 0.436 e. The number of fused-ring (bicyclic) bond motifs is 2. The Kier molecular flexibility index (Phi) is 9.40. The summed E-state index contributed by atoms with van der Waals surface area (Å²) in [4.78, 5) is 58.7. The molecule has 1 aliphatic heterocycles. The molecule has 3 amide bonds. The van der Waals surface area contributed by atoms with Gasteiger partial charge in [-0.2, -0.15) is 0 Å². The van der Waals surface area contributed by atoms with Gasteiger partial charge in [0.2, 0.25) is 29.3 Å². The van der Waals surface area contributed by atoms with Gasteiger partial charge in [-0.25, -0.2) is 19.9 Å². The highest BCUT2D eigenvalue weighted by molar-refractivity contribution is 6.04. The van der Waals surface area contributed by atoms with Crippen LogP contribution in [0.5, 0.6) is 0 Å². The number of benzene rings is 2. The lowest BCUT2D eigenvalue weighted by molar-refractivity contribution is 0.0343. The molecular weight excluding hydrogens is 668 g/mol. The van der Waals surface area contributed by atoms with E-state index in [-0.39, 0.29) is 23.0 Å². The Morgan fingerprint density at radius 2 is 1.38 bits per heavy atom. The van der Waals surface area contributed by atoms with E-state index in [0.717, 1.165) is 29.7 Å². The SMILES string of the molecule is Cc1nc(C)c(C(=O)Nc2nc3cc(C(N)=O)ccc3n2C/C=C/Cn2c(NC(=O)c3oc(C)nc3C)nc3cccc(CN4CCOCC4)c32)o1. The molecule has 268 valence electrons. The van der Waals surface area contributed by atoms with Gasteiger partial charge in [-0.1, -0.05) is 24.3 Å². The van der Waals surface area contributed by atoms with Crippen LogP contribution in [0.3, 0.4) is 0 Å². The number of allylic oxidation sites excluding steroid dienone is 2. The van der Waals surface area contributed by atoms with Crippen molar-refractivity contribution in [2.75, 3.05) is 36.9 Å². The van der Waals surface area contributed by atoms with E-state index < -0.39 is 17.7 Å². The van der Waals surface area contributed by atoms with E-state index in [0.29, 0.717) is 73.0 Å². The van der Waals surface area contributed by atoms with Crippen LogP contribution in [0.15, 0.2) is 57.4 Å². The van der Waals surface area contributed by atoms with E-state index in [9.17, 15) is 14.4 Å². The second kappa shape index (κ2) is 14.2. The molecule has 1 aliphatic rings. The fourth-order valence-electron chi connectivity index (χ4n) is 6.38. The van der Waals surface area contributed by atoms with E-state index in [1.54, 1.807) is 50.5 Å². The zero-order valence-electron chi connectivity index (χ0n) is 29.2. The third kappa shape index (κ3) is 6.93. The van der Waals surface area contributed by atoms with Gasteiger partial charge in [0.15, 0.2) is 11.8 Å². The Bertz CT molecular complexity index is 2360. The van der Waals surface area contributed by atoms with Gasteiger partial charge in [-0.15, -0.1) is 0 Å². The lowest BCUT2D eigenvalue weighted by Gasteiger charge is -2.27. The molecule has 6 aromatic rings. The first-order valence-corrected chi connectivity index (χ1v) is 16.8. The topological polar surface area (TPSA) is 201 Å². The number of para-hydroxylation sites is 1. The van der Waals surface area contributed by atoms with Crippen LogP contribution in [0.4, 0.5) is 11.9 Å². The number of carbonyl (C=O) groups excluding carboxylic acids is 3. The Balaban J connectivity index is 1.21. The molecule has 52 heavy (non-hydrogen) atoms. The standard InChI is InChI=1S/C36H38N10O6/c1-20-30(51-22(3)38-20)33(48)42-35-41-27-18-24(32(37)47)10-11-28(27)45(35)12-5-6-13-46-29-25(19-44-14-16-50-17-15-44)8-7-9-26(29)40-36(46)43-34(49)31-21(2)39-23(4)52-31/h5-11,18H,12-17,19H2,1-4H3,(H2,37,47)(H,40,43,49)(H,41,42,48)/b6-5+. The van der Waals surface area contributed by atoms with Gasteiger partial charge in [-0.3, -0.25) is 29.9 Å². The number of nitrogens with one attached hydrogen (secondary N) is 2. The average Bonchev–Trinajstić information content (AvgIpc) is 3.85. The first kappa shape index (κ1) is 34.3. The Morgan fingerprint density at radius 3 is 1.98 bits per heavy atom. The molecule has 0 aliphatic carbocycles. The number of oxazole rings is 2. The van der Waals surface area contributed by atoms with Crippen molar-refractivity contribution in [3.8, 4) is 0 Å². The predicted octanol–water partition coefficient (Wildman–Crippen LogP) is 4.29. The first-order chi connectivity index (χ1) is 25.0. The van der Waals surface area contributed by atoms with Crippen LogP contribution < -0.4 is 16.4 Å². The molecule has 5 heterocycles. The summed E-state index contributed by atoms with van der Waals surface area (Å²) in [5.74, 6) is 0.00307. The monoisotopic (exact) mass is 706 g/mol. The number of imidazole rings is 2. The maximum atomic E-state index is 13.4. The van der Waals surface area contributed by atoms with E-state index in [1.165, 1.54) is 0 Å². The summed E-state index contributed by atoms with van der Waals surface area (Å²) in [5.41, 5.74) is 10.6. The summed E-state index contributed by atoms with van der Waals surface area (Å²) in [6.45, 7) is 11.0. The van der Waals surface area contributed by atoms with Crippen molar-refractivity contribution >= 4 is 51.7 Å². The number of aryl methyl sites for hydroxylation is 4. The van der Waals surface area contributed by atoms with E-state index in [1.807, 2.05) is 28.9 Å². The minimum Gasteiger partial charge on any atom is -0.436 e. The zero-order valence-corrected chi connectivity index (χ0v) is 29.2. The predicted molar refractivity (Wildman–Crippen MR) is 191 cm³/mol. The lowest BCUT2D eigenvalue weighted by atomic mass is 10.1. The normalized spacial score (nSPS) is 13.8. The fourth-order valence-corrected chi connectivity index (χ4v) is 6.38. The van der Waals surface area contributed by atoms with Crippen molar-refractivity contribution in [2.24, 2.45) is 5.73 Å². The number of aromatic nitrogens is 6. The van der Waals surface area contributed by atoms with Gasteiger partial charge < -0.3 is 28.4 Å². The maximum absolute atomic E-state index is 13.4. The van der Waals surface area contributed by atoms with Gasteiger partial charge in [0.1, 0.15) is 0 Å². The molecule has 4 aromatic heterocycles.